The predicted molar refractivity (Wildman–Crippen MR) is 67.9 cm³/mol. The first-order chi connectivity index (χ1) is 8.26. The standard InChI is InChI=1S/C10H10N6S/c1-16-8-5-3-4-7(9(8)14-15-16)13-10(17-2)12-6-11/h3-5H,1-2H3,(H,12,13). The van der Waals surface area contributed by atoms with Gasteiger partial charge in [0.05, 0.1) is 11.2 Å². The molecule has 0 bridgehead atoms. The van der Waals surface area contributed by atoms with Gasteiger partial charge in [0.2, 0.25) is 0 Å². The molecule has 0 radical (unpaired) electrons. The first-order valence-electron chi connectivity index (χ1n) is 4.82. The van der Waals surface area contributed by atoms with Crippen LogP contribution in [0.5, 0.6) is 0 Å². The summed E-state index contributed by atoms with van der Waals surface area (Å²) in [4.78, 5) is 4.34. The van der Waals surface area contributed by atoms with Crippen LogP contribution in [0.1, 0.15) is 0 Å². The minimum absolute atomic E-state index is 0.533. The van der Waals surface area contributed by atoms with E-state index in [1.165, 1.54) is 11.8 Å². The van der Waals surface area contributed by atoms with Crippen molar-refractivity contribution < 1.29 is 0 Å². The Morgan fingerprint density at radius 1 is 1.59 bits per heavy atom. The van der Waals surface area contributed by atoms with E-state index < -0.39 is 0 Å². The number of nitrogens with one attached hydrogen (secondary N) is 1. The van der Waals surface area contributed by atoms with Crippen LogP contribution in [0.25, 0.3) is 11.0 Å². The van der Waals surface area contributed by atoms with Crippen LogP contribution < -0.4 is 5.32 Å². The average molecular weight is 246 g/mol. The highest BCUT2D eigenvalue weighted by Gasteiger charge is 2.06. The number of aliphatic imine (C=N–C) groups is 1. The minimum Gasteiger partial charge on any atom is -0.271 e. The zero-order valence-electron chi connectivity index (χ0n) is 9.38. The predicted octanol–water partition coefficient (Wildman–Crippen LogP) is 1.39. The van der Waals surface area contributed by atoms with Gasteiger partial charge in [-0.3, -0.25) is 5.32 Å². The first-order valence-corrected chi connectivity index (χ1v) is 6.05. The number of nitrogens with zero attached hydrogens (tertiary/aromatic N) is 5. The number of amidine groups is 1. The van der Waals surface area contributed by atoms with Crippen LogP contribution in [0.15, 0.2) is 23.2 Å². The Bertz CT molecular complexity index is 609. The summed E-state index contributed by atoms with van der Waals surface area (Å²) in [5.74, 6) is 0. The van der Waals surface area contributed by atoms with E-state index in [1.807, 2.05) is 37.7 Å². The van der Waals surface area contributed by atoms with Crippen LogP contribution in [-0.4, -0.2) is 26.4 Å². The molecule has 0 amide bonds. The number of aryl methyl sites for hydroxylation is 1. The third-order valence-electron chi connectivity index (χ3n) is 2.20. The molecule has 1 heterocycles. The summed E-state index contributed by atoms with van der Waals surface area (Å²) in [6.07, 6.45) is 3.70. The van der Waals surface area contributed by atoms with Gasteiger partial charge in [-0.1, -0.05) is 23.0 Å². The quantitative estimate of drug-likeness (QED) is 0.356. The van der Waals surface area contributed by atoms with Gasteiger partial charge in [-0.2, -0.15) is 5.26 Å². The molecule has 0 aliphatic rings. The smallest absolute Gasteiger partial charge is 0.183 e. The molecule has 17 heavy (non-hydrogen) atoms. The van der Waals surface area contributed by atoms with Crippen molar-refractivity contribution in [1.82, 2.24) is 20.3 Å². The van der Waals surface area contributed by atoms with Gasteiger partial charge in [0.1, 0.15) is 5.52 Å². The van der Waals surface area contributed by atoms with Gasteiger partial charge < -0.3 is 0 Å². The van der Waals surface area contributed by atoms with Gasteiger partial charge in [-0.15, -0.1) is 5.10 Å². The fourth-order valence-corrected chi connectivity index (χ4v) is 1.75. The lowest BCUT2D eigenvalue weighted by molar-refractivity contribution is 0.736. The minimum atomic E-state index is 0.533. The van der Waals surface area contributed by atoms with E-state index in [0.29, 0.717) is 10.9 Å². The summed E-state index contributed by atoms with van der Waals surface area (Å²) >= 11 is 1.37. The molecule has 0 spiro atoms. The van der Waals surface area contributed by atoms with Crippen molar-refractivity contribution in [2.45, 2.75) is 0 Å². The molecule has 0 aliphatic carbocycles. The fraction of sp³-hybridized carbons (Fsp3) is 0.200. The lowest BCUT2D eigenvalue weighted by atomic mass is 10.3. The van der Waals surface area contributed by atoms with Crippen LogP contribution >= 0.6 is 11.8 Å². The van der Waals surface area contributed by atoms with E-state index >= 15 is 0 Å². The molecule has 0 fully saturated rings. The highest BCUT2D eigenvalue weighted by atomic mass is 32.2. The zero-order chi connectivity index (χ0) is 12.3. The van der Waals surface area contributed by atoms with Crippen LogP contribution in [0.2, 0.25) is 0 Å². The molecule has 1 N–H and O–H groups in total. The SMILES string of the molecule is CSC(=Nc1cccc2c1nnn2C)NC#N. The number of fused-ring (bicyclic) bond motifs is 1. The normalized spacial score (nSPS) is 11.5. The van der Waals surface area contributed by atoms with Crippen LogP contribution in [0.4, 0.5) is 5.69 Å². The lowest BCUT2D eigenvalue weighted by Gasteiger charge is -2.00. The van der Waals surface area contributed by atoms with Gasteiger partial charge in [0.15, 0.2) is 11.4 Å². The molecule has 6 nitrogen and oxygen atoms in total. The van der Waals surface area contributed by atoms with Crippen molar-refractivity contribution >= 4 is 33.7 Å². The number of hydrogen-bond acceptors (Lipinski definition) is 5. The summed E-state index contributed by atoms with van der Waals surface area (Å²) in [5, 5.41) is 19.6. The van der Waals surface area contributed by atoms with Gasteiger partial charge in [-0.05, 0) is 18.4 Å². The largest absolute Gasteiger partial charge is 0.271 e. The number of aromatic nitrogens is 3. The van der Waals surface area contributed by atoms with Gasteiger partial charge >= 0.3 is 0 Å². The van der Waals surface area contributed by atoms with E-state index in [2.05, 4.69) is 20.6 Å². The maximum absolute atomic E-state index is 8.58. The molecule has 0 atom stereocenters. The van der Waals surface area contributed by atoms with Crippen LogP contribution in [0.3, 0.4) is 0 Å². The Kier molecular flexibility index (Phi) is 3.25. The van der Waals surface area contributed by atoms with Gasteiger partial charge in [-0.25, -0.2) is 9.67 Å². The summed E-state index contributed by atoms with van der Waals surface area (Å²) in [6.45, 7) is 0. The van der Waals surface area contributed by atoms with E-state index in [-0.39, 0.29) is 0 Å². The lowest BCUT2D eigenvalue weighted by Crippen LogP contribution is -2.12. The van der Waals surface area contributed by atoms with Crippen molar-refractivity contribution in [3.05, 3.63) is 18.2 Å². The maximum atomic E-state index is 8.58. The Morgan fingerprint density at radius 2 is 2.41 bits per heavy atom. The van der Waals surface area contributed by atoms with Crippen molar-refractivity contribution in [3.8, 4) is 6.19 Å². The van der Waals surface area contributed by atoms with E-state index in [9.17, 15) is 0 Å². The summed E-state index contributed by atoms with van der Waals surface area (Å²) < 4.78 is 1.69. The topological polar surface area (TPSA) is 78.9 Å². The molecule has 0 saturated heterocycles. The summed E-state index contributed by atoms with van der Waals surface area (Å²) in [6, 6.07) is 5.64. The molecular formula is C10H10N6S. The molecule has 7 heteroatoms. The number of nitriles is 1. The molecule has 0 saturated carbocycles. The molecular weight excluding hydrogens is 236 g/mol. The van der Waals surface area contributed by atoms with Crippen molar-refractivity contribution in [3.63, 3.8) is 0 Å². The number of hydrogen-bond donors (Lipinski definition) is 1. The second-order valence-electron chi connectivity index (χ2n) is 3.22. The Hall–Kier alpha value is -2.07. The second-order valence-corrected chi connectivity index (χ2v) is 4.01. The summed E-state index contributed by atoms with van der Waals surface area (Å²) in [7, 11) is 1.83. The number of benzene rings is 1. The molecule has 2 aromatic rings. The van der Waals surface area contributed by atoms with Gasteiger partial charge in [0.25, 0.3) is 0 Å². The van der Waals surface area contributed by atoms with Crippen molar-refractivity contribution in [2.75, 3.05) is 6.26 Å². The molecule has 0 aliphatic heterocycles. The highest BCUT2D eigenvalue weighted by Crippen LogP contribution is 2.23. The van der Waals surface area contributed by atoms with Crippen LogP contribution in [0, 0.1) is 11.5 Å². The molecule has 2 rings (SSSR count). The summed E-state index contributed by atoms with van der Waals surface area (Å²) in [5.41, 5.74) is 2.33. The van der Waals surface area contributed by atoms with Crippen molar-refractivity contribution in [1.29, 1.82) is 5.26 Å². The van der Waals surface area contributed by atoms with Crippen molar-refractivity contribution in [2.24, 2.45) is 12.0 Å². The molecule has 0 unspecified atom stereocenters. The zero-order valence-corrected chi connectivity index (χ0v) is 10.2. The van der Waals surface area contributed by atoms with E-state index in [1.54, 1.807) is 4.68 Å². The van der Waals surface area contributed by atoms with E-state index in [4.69, 9.17) is 5.26 Å². The first kappa shape index (κ1) is 11.4. The Balaban J connectivity index is 2.52. The highest BCUT2D eigenvalue weighted by molar-refractivity contribution is 8.13. The number of thioether (sulfide) groups is 1. The Morgan fingerprint density at radius 3 is 3.12 bits per heavy atom. The third-order valence-corrected chi connectivity index (χ3v) is 2.78. The monoisotopic (exact) mass is 246 g/mol. The fourth-order valence-electron chi connectivity index (χ4n) is 1.42. The van der Waals surface area contributed by atoms with E-state index in [0.717, 1.165) is 11.0 Å². The molecule has 86 valence electrons. The van der Waals surface area contributed by atoms with Gasteiger partial charge in [0, 0.05) is 7.05 Å². The Labute approximate surface area is 102 Å². The maximum Gasteiger partial charge on any atom is 0.183 e. The molecule has 1 aromatic heterocycles. The third kappa shape index (κ3) is 2.21. The average Bonchev–Trinajstić information content (AvgIpc) is 2.72. The second kappa shape index (κ2) is 4.84. The molecule has 1 aromatic carbocycles. The number of rotatable bonds is 1. The van der Waals surface area contributed by atoms with Crippen LogP contribution in [-0.2, 0) is 7.05 Å².